The molecule has 1 heterocycles. The van der Waals surface area contributed by atoms with E-state index >= 15 is 0 Å². The Morgan fingerprint density at radius 3 is 2.59 bits per heavy atom. The van der Waals surface area contributed by atoms with Crippen molar-refractivity contribution in [3.63, 3.8) is 0 Å². The summed E-state index contributed by atoms with van der Waals surface area (Å²) in [7, 11) is -2.53. The first-order valence-corrected chi connectivity index (χ1v) is 10.5. The fraction of sp³-hybridized carbons (Fsp3) is 0.316. The van der Waals surface area contributed by atoms with Crippen LogP contribution in [0.25, 0.3) is 0 Å². The summed E-state index contributed by atoms with van der Waals surface area (Å²) < 4.78 is 55.9. The van der Waals surface area contributed by atoms with Gasteiger partial charge in [0.05, 0.1) is 30.9 Å². The van der Waals surface area contributed by atoms with Crippen molar-refractivity contribution in [2.45, 2.75) is 11.5 Å². The van der Waals surface area contributed by atoms with Gasteiger partial charge in [0.15, 0.2) is 0 Å². The summed E-state index contributed by atoms with van der Waals surface area (Å²) in [4.78, 5) is 12.3. The third-order valence-corrected chi connectivity index (χ3v) is 6.63. The number of hydrogen-bond acceptors (Lipinski definition) is 6. The van der Waals surface area contributed by atoms with Crippen molar-refractivity contribution in [2.24, 2.45) is 0 Å². The maximum absolute atomic E-state index is 13.1. The number of sulfonamides is 1. The molecule has 1 aliphatic rings. The van der Waals surface area contributed by atoms with Gasteiger partial charge in [-0.1, -0.05) is 17.7 Å². The van der Waals surface area contributed by atoms with Crippen molar-refractivity contribution in [3.8, 4) is 5.75 Å². The number of halogens is 2. The molecule has 0 radical (unpaired) electrons. The molecular formula is C19H19ClFNO6S. The molecule has 10 heteroatoms. The molecular weight excluding hydrogens is 425 g/mol. The lowest BCUT2D eigenvalue weighted by Gasteiger charge is -2.26. The van der Waals surface area contributed by atoms with E-state index in [2.05, 4.69) is 0 Å². The van der Waals surface area contributed by atoms with Gasteiger partial charge in [-0.2, -0.15) is 4.31 Å². The molecule has 0 unspecified atom stereocenters. The van der Waals surface area contributed by atoms with Gasteiger partial charge in [-0.05, 0) is 30.3 Å². The van der Waals surface area contributed by atoms with Crippen LogP contribution < -0.4 is 4.74 Å². The average Bonchev–Trinajstić information content (AvgIpc) is 2.73. The summed E-state index contributed by atoms with van der Waals surface area (Å²) in [5.41, 5.74) is 0.465. The predicted molar refractivity (Wildman–Crippen MR) is 103 cm³/mol. The Morgan fingerprint density at radius 2 is 1.93 bits per heavy atom. The molecule has 0 aromatic heterocycles. The first kappa shape index (κ1) is 21.5. The molecule has 7 nitrogen and oxygen atoms in total. The smallest absolute Gasteiger partial charge is 0.338 e. The molecule has 1 aliphatic heterocycles. The van der Waals surface area contributed by atoms with Gasteiger partial charge in [-0.15, -0.1) is 0 Å². The van der Waals surface area contributed by atoms with Crippen LogP contribution in [-0.2, 0) is 26.1 Å². The topological polar surface area (TPSA) is 82.1 Å². The largest absolute Gasteiger partial charge is 0.495 e. The number of carbonyl (C=O) groups excluding carboxylic acids is 1. The van der Waals surface area contributed by atoms with Gasteiger partial charge < -0.3 is 14.2 Å². The highest BCUT2D eigenvalue weighted by Crippen LogP contribution is 2.29. The minimum absolute atomic E-state index is 0.0378. The zero-order valence-electron chi connectivity index (χ0n) is 15.6. The highest BCUT2D eigenvalue weighted by atomic mass is 35.5. The lowest BCUT2D eigenvalue weighted by molar-refractivity contribution is 0.0472. The number of ether oxygens (including phenoxy) is 3. The van der Waals surface area contributed by atoms with Gasteiger partial charge in [0, 0.05) is 18.7 Å². The van der Waals surface area contributed by atoms with E-state index in [9.17, 15) is 17.6 Å². The number of esters is 1. The van der Waals surface area contributed by atoms with Gasteiger partial charge in [-0.25, -0.2) is 17.6 Å². The van der Waals surface area contributed by atoms with E-state index in [4.69, 9.17) is 25.8 Å². The Bertz CT molecular complexity index is 1010. The van der Waals surface area contributed by atoms with Crippen molar-refractivity contribution in [3.05, 3.63) is 58.4 Å². The summed E-state index contributed by atoms with van der Waals surface area (Å²) in [5, 5.41) is 0.128. The van der Waals surface area contributed by atoms with Crippen LogP contribution in [0.5, 0.6) is 5.75 Å². The number of nitrogens with zero attached hydrogens (tertiary/aromatic N) is 1. The standard InChI is InChI=1S/C19H19ClFNO6S/c1-26-17-5-3-13(10-18(17)29(24,25)22-6-8-27-9-7-22)19(23)28-12-14-2-4-15(21)11-16(14)20/h2-5,10-11H,6-9,12H2,1H3. The second-order valence-corrected chi connectivity index (χ2v) is 8.51. The number of hydrogen-bond donors (Lipinski definition) is 0. The first-order chi connectivity index (χ1) is 13.8. The maximum atomic E-state index is 13.1. The molecule has 2 aromatic rings. The first-order valence-electron chi connectivity index (χ1n) is 8.70. The van der Waals surface area contributed by atoms with Crippen LogP contribution in [0.3, 0.4) is 0 Å². The van der Waals surface area contributed by atoms with Crippen molar-refractivity contribution in [1.82, 2.24) is 4.31 Å². The lowest BCUT2D eigenvalue weighted by atomic mass is 10.2. The van der Waals surface area contributed by atoms with E-state index in [1.165, 1.54) is 41.7 Å². The summed E-state index contributed by atoms with van der Waals surface area (Å²) >= 11 is 5.93. The van der Waals surface area contributed by atoms with E-state index in [1.54, 1.807) is 0 Å². The molecule has 0 saturated carbocycles. The monoisotopic (exact) mass is 443 g/mol. The lowest BCUT2D eigenvalue weighted by Crippen LogP contribution is -2.40. The minimum Gasteiger partial charge on any atom is -0.495 e. The fourth-order valence-electron chi connectivity index (χ4n) is 2.80. The number of methoxy groups -OCH3 is 1. The van der Waals surface area contributed by atoms with Crippen molar-refractivity contribution >= 4 is 27.6 Å². The Kier molecular flexibility index (Phi) is 6.74. The number of carbonyl (C=O) groups is 1. The van der Waals surface area contributed by atoms with Crippen LogP contribution in [0.2, 0.25) is 5.02 Å². The van der Waals surface area contributed by atoms with E-state index in [1.807, 2.05) is 0 Å². The fourth-order valence-corrected chi connectivity index (χ4v) is 4.61. The summed E-state index contributed by atoms with van der Waals surface area (Å²) in [5.74, 6) is -1.13. The molecule has 1 saturated heterocycles. The van der Waals surface area contributed by atoms with E-state index in [0.717, 1.165) is 6.07 Å². The Balaban J connectivity index is 1.82. The summed E-state index contributed by atoms with van der Waals surface area (Å²) in [6.45, 7) is 0.825. The van der Waals surface area contributed by atoms with Crippen LogP contribution in [0, 0.1) is 5.82 Å². The van der Waals surface area contributed by atoms with E-state index < -0.39 is 21.8 Å². The Hall–Kier alpha value is -2.20. The molecule has 0 atom stereocenters. The van der Waals surface area contributed by atoms with E-state index in [0.29, 0.717) is 18.8 Å². The van der Waals surface area contributed by atoms with Gasteiger partial charge >= 0.3 is 5.97 Å². The number of morpholine rings is 1. The zero-order valence-corrected chi connectivity index (χ0v) is 17.1. The molecule has 0 amide bonds. The summed E-state index contributed by atoms with van der Waals surface area (Å²) in [6.07, 6.45) is 0. The molecule has 156 valence electrons. The van der Waals surface area contributed by atoms with Crippen LogP contribution in [0.1, 0.15) is 15.9 Å². The molecule has 29 heavy (non-hydrogen) atoms. The second-order valence-electron chi connectivity index (χ2n) is 6.19. The second kappa shape index (κ2) is 9.08. The Morgan fingerprint density at radius 1 is 1.21 bits per heavy atom. The van der Waals surface area contributed by atoms with Crippen LogP contribution in [0.15, 0.2) is 41.3 Å². The quantitative estimate of drug-likeness (QED) is 0.638. The van der Waals surface area contributed by atoms with Crippen molar-refractivity contribution < 1.29 is 31.8 Å². The normalized spacial score (nSPS) is 15.1. The average molecular weight is 444 g/mol. The maximum Gasteiger partial charge on any atom is 0.338 e. The van der Waals surface area contributed by atoms with Crippen LogP contribution >= 0.6 is 11.6 Å². The van der Waals surface area contributed by atoms with Gasteiger partial charge in [0.1, 0.15) is 23.1 Å². The highest BCUT2D eigenvalue weighted by Gasteiger charge is 2.30. The van der Waals surface area contributed by atoms with Gasteiger partial charge in [-0.3, -0.25) is 0 Å². The van der Waals surface area contributed by atoms with Gasteiger partial charge in [0.2, 0.25) is 10.0 Å². The molecule has 3 rings (SSSR count). The highest BCUT2D eigenvalue weighted by molar-refractivity contribution is 7.89. The Labute approximate surface area is 173 Å². The van der Waals surface area contributed by atoms with Crippen molar-refractivity contribution in [2.75, 3.05) is 33.4 Å². The molecule has 2 aromatic carbocycles. The zero-order chi connectivity index (χ0) is 21.0. The van der Waals surface area contributed by atoms with Crippen LogP contribution in [-0.4, -0.2) is 52.1 Å². The number of benzene rings is 2. The summed E-state index contributed by atoms with van der Waals surface area (Å²) in [6, 6.07) is 7.76. The molecule has 0 N–H and O–H groups in total. The molecule has 0 aliphatic carbocycles. The van der Waals surface area contributed by atoms with Gasteiger partial charge in [0.25, 0.3) is 0 Å². The predicted octanol–water partition coefficient (Wildman–Crippen LogP) is 2.87. The SMILES string of the molecule is COc1ccc(C(=O)OCc2ccc(F)cc2Cl)cc1S(=O)(=O)N1CCOCC1. The molecule has 0 spiro atoms. The third kappa shape index (κ3) is 4.87. The number of rotatable bonds is 6. The molecule has 1 fully saturated rings. The minimum atomic E-state index is -3.88. The van der Waals surface area contributed by atoms with Crippen molar-refractivity contribution in [1.29, 1.82) is 0 Å². The van der Waals surface area contributed by atoms with E-state index in [-0.39, 0.29) is 40.9 Å². The van der Waals surface area contributed by atoms with Crippen LogP contribution in [0.4, 0.5) is 4.39 Å². The third-order valence-electron chi connectivity index (χ3n) is 4.36. The molecule has 0 bridgehead atoms.